The minimum Gasteiger partial charge on any atom is -0.481 e. The van der Waals surface area contributed by atoms with Gasteiger partial charge in [0.05, 0.1) is 19.6 Å². The monoisotopic (exact) mass is 189 g/mol. The molecule has 0 amide bonds. The highest BCUT2D eigenvalue weighted by Gasteiger charge is 2.19. The lowest BCUT2D eigenvalue weighted by atomic mass is 10.0. The van der Waals surface area contributed by atoms with Crippen LogP contribution < -0.4 is 5.32 Å². The Bertz CT molecular complexity index is 193. The van der Waals surface area contributed by atoms with E-state index in [1.54, 1.807) is 13.8 Å². The zero-order valence-electron chi connectivity index (χ0n) is 8.03. The maximum absolute atomic E-state index is 10.7. The van der Waals surface area contributed by atoms with Gasteiger partial charge in [-0.15, -0.1) is 0 Å². The average molecular weight is 189 g/mol. The smallest absolute Gasteiger partial charge is 0.319 e. The van der Waals surface area contributed by atoms with Gasteiger partial charge in [0, 0.05) is 6.04 Å². The SMILES string of the molecule is COC(=O)CNC(C)C(C)C(=O)O. The second kappa shape index (κ2) is 5.53. The second-order valence-electron chi connectivity index (χ2n) is 2.87. The quantitative estimate of drug-likeness (QED) is 0.589. The number of nitrogens with one attached hydrogen (secondary N) is 1. The Balaban J connectivity index is 3.80. The maximum atomic E-state index is 10.7. The molecule has 0 heterocycles. The molecule has 0 aliphatic carbocycles. The summed E-state index contributed by atoms with van der Waals surface area (Å²) < 4.78 is 4.39. The van der Waals surface area contributed by atoms with E-state index in [0.29, 0.717) is 0 Å². The van der Waals surface area contributed by atoms with E-state index < -0.39 is 17.9 Å². The van der Waals surface area contributed by atoms with Gasteiger partial charge in [-0.1, -0.05) is 6.92 Å². The number of ether oxygens (including phenoxy) is 1. The first-order valence-corrected chi connectivity index (χ1v) is 4.02. The van der Waals surface area contributed by atoms with E-state index in [0.717, 1.165) is 0 Å². The molecule has 0 bridgehead atoms. The summed E-state index contributed by atoms with van der Waals surface area (Å²) in [5, 5.41) is 11.4. The number of hydrogen-bond donors (Lipinski definition) is 2. The van der Waals surface area contributed by atoms with Gasteiger partial charge >= 0.3 is 11.9 Å². The summed E-state index contributed by atoms with van der Waals surface area (Å²) in [5.41, 5.74) is 0. The van der Waals surface area contributed by atoms with Crippen LogP contribution in [0.4, 0.5) is 0 Å². The lowest BCUT2D eigenvalue weighted by Crippen LogP contribution is -2.39. The summed E-state index contributed by atoms with van der Waals surface area (Å²) in [7, 11) is 1.29. The predicted octanol–water partition coefficient (Wildman–Crippen LogP) is -0.142. The molecule has 13 heavy (non-hydrogen) atoms. The van der Waals surface area contributed by atoms with Crippen LogP contribution in [0, 0.1) is 5.92 Å². The van der Waals surface area contributed by atoms with Gasteiger partial charge in [0.15, 0.2) is 0 Å². The van der Waals surface area contributed by atoms with Crippen molar-refractivity contribution in [2.75, 3.05) is 13.7 Å². The molecule has 0 fully saturated rings. The van der Waals surface area contributed by atoms with Crippen molar-refractivity contribution in [2.45, 2.75) is 19.9 Å². The number of aliphatic carboxylic acids is 1. The zero-order chi connectivity index (χ0) is 10.4. The molecule has 0 rings (SSSR count). The number of carboxylic acid groups (broad SMARTS) is 1. The Morgan fingerprint density at radius 3 is 2.38 bits per heavy atom. The van der Waals surface area contributed by atoms with Gasteiger partial charge in [-0.2, -0.15) is 0 Å². The van der Waals surface area contributed by atoms with Gasteiger partial charge in [0.25, 0.3) is 0 Å². The minimum atomic E-state index is -0.884. The predicted molar refractivity (Wildman–Crippen MR) is 46.3 cm³/mol. The van der Waals surface area contributed by atoms with Crippen LogP contribution in [0.5, 0.6) is 0 Å². The summed E-state index contributed by atoms with van der Waals surface area (Å²) in [6.07, 6.45) is 0. The third-order valence-corrected chi connectivity index (χ3v) is 1.94. The molecular formula is C8H15NO4. The standard InChI is InChI=1S/C8H15NO4/c1-5(8(11)12)6(2)9-4-7(10)13-3/h5-6,9H,4H2,1-3H3,(H,11,12). The van der Waals surface area contributed by atoms with Crippen molar-refractivity contribution in [3.8, 4) is 0 Å². The molecule has 76 valence electrons. The molecule has 5 heteroatoms. The van der Waals surface area contributed by atoms with E-state index in [-0.39, 0.29) is 12.6 Å². The maximum Gasteiger partial charge on any atom is 0.319 e. The lowest BCUT2D eigenvalue weighted by molar-refractivity contribution is -0.143. The minimum absolute atomic E-state index is 0.0370. The number of rotatable bonds is 5. The van der Waals surface area contributed by atoms with Gasteiger partial charge in [-0.05, 0) is 6.92 Å². The summed E-state index contributed by atoms with van der Waals surface area (Å²) in [6, 6.07) is -0.253. The lowest BCUT2D eigenvalue weighted by Gasteiger charge is -2.16. The van der Waals surface area contributed by atoms with Crippen molar-refractivity contribution in [3.63, 3.8) is 0 Å². The number of hydrogen-bond acceptors (Lipinski definition) is 4. The van der Waals surface area contributed by atoms with Crippen LogP contribution in [-0.4, -0.2) is 36.7 Å². The first kappa shape index (κ1) is 11.9. The Hall–Kier alpha value is -1.10. The number of methoxy groups -OCH3 is 1. The highest BCUT2D eigenvalue weighted by molar-refractivity contribution is 5.72. The normalized spacial score (nSPS) is 14.7. The molecule has 0 saturated heterocycles. The Morgan fingerprint density at radius 2 is 2.00 bits per heavy atom. The van der Waals surface area contributed by atoms with Gasteiger partial charge < -0.3 is 15.2 Å². The highest BCUT2D eigenvalue weighted by atomic mass is 16.5. The number of carboxylic acids is 1. The van der Waals surface area contributed by atoms with Crippen molar-refractivity contribution >= 4 is 11.9 Å². The molecule has 0 radical (unpaired) electrons. The summed E-state index contributed by atoms with van der Waals surface area (Å²) in [5.74, 6) is -1.81. The molecule has 5 nitrogen and oxygen atoms in total. The van der Waals surface area contributed by atoms with Crippen LogP contribution in [0.3, 0.4) is 0 Å². The molecule has 2 unspecified atom stereocenters. The largest absolute Gasteiger partial charge is 0.481 e. The summed E-state index contributed by atoms with van der Waals surface area (Å²) in [4.78, 5) is 21.2. The van der Waals surface area contributed by atoms with Crippen LogP contribution in [0.2, 0.25) is 0 Å². The van der Waals surface area contributed by atoms with Gasteiger partial charge in [0.2, 0.25) is 0 Å². The van der Waals surface area contributed by atoms with Crippen LogP contribution in [0.25, 0.3) is 0 Å². The molecule has 0 aliphatic rings. The molecule has 0 aromatic rings. The number of carbonyl (C=O) groups is 2. The van der Waals surface area contributed by atoms with Crippen LogP contribution in [-0.2, 0) is 14.3 Å². The fourth-order valence-corrected chi connectivity index (χ4v) is 0.707. The Labute approximate surface area is 77.1 Å². The second-order valence-corrected chi connectivity index (χ2v) is 2.87. The van der Waals surface area contributed by atoms with E-state index in [4.69, 9.17) is 5.11 Å². The Kier molecular flexibility index (Phi) is 5.06. The first-order valence-electron chi connectivity index (χ1n) is 4.02. The molecule has 0 spiro atoms. The highest BCUT2D eigenvalue weighted by Crippen LogP contribution is 2.01. The van der Waals surface area contributed by atoms with E-state index >= 15 is 0 Å². The molecule has 0 aromatic carbocycles. The first-order chi connectivity index (χ1) is 5.99. The van der Waals surface area contributed by atoms with Crippen molar-refractivity contribution in [1.82, 2.24) is 5.32 Å². The third-order valence-electron chi connectivity index (χ3n) is 1.94. The number of carbonyl (C=O) groups excluding carboxylic acids is 1. The molecular weight excluding hydrogens is 174 g/mol. The summed E-state index contributed by atoms with van der Waals surface area (Å²) in [6.45, 7) is 3.33. The van der Waals surface area contributed by atoms with Crippen molar-refractivity contribution in [2.24, 2.45) is 5.92 Å². The van der Waals surface area contributed by atoms with Gasteiger partial charge in [-0.3, -0.25) is 9.59 Å². The van der Waals surface area contributed by atoms with Crippen molar-refractivity contribution < 1.29 is 19.4 Å². The number of esters is 1. The van der Waals surface area contributed by atoms with Crippen LogP contribution in [0.1, 0.15) is 13.8 Å². The molecule has 2 N–H and O–H groups in total. The fourth-order valence-electron chi connectivity index (χ4n) is 0.707. The van der Waals surface area contributed by atoms with Gasteiger partial charge in [-0.25, -0.2) is 0 Å². The third kappa shape index (κ3) is 4.47. The van der Waals surface area contributed by atoms with E-state index in [1.807, 2.05) is 0 Å². The molecule has 2 atom stereocenters. The topological polar surface area (TPSA) is 75.6 Å². The van der Waals surface area contributed by atoms with Crippen molar-refractivity contribution in [1.29, 1.82) is 0 Å². The molecule has 0 saturated carbocycles. The zero-order valence-corrected chi connectivity index (χ0v) is 8.03. The van der Waals surface area contributed by atoms with E-state index in [9.17, 15) is 9.59 Å². The molecule has 0 aromatic heterocycles. The average Bonchev–Trinajstić information content (AvgIpc) is 2.11. The molecule has 0 aliphatic heterocycles. The van der Waals surface area contributed by atoms with Crippen LogP contribution >= 0.6 is 0 Å². The summed E-state index contributed by atoms with van der Waals surface area (Å²) >= 11 is 0. The van der Waals surface area contributed by atoms with E-state index in [1.165, 1.54) is 7.11 Å². The Morgan fingerprint density at radius 1 is 1.46 bits per heavy atom. The van der Waals surface area contributed by atoms with Crippen LogP contribution in [0.15, 0.2) is 0 Å². The van der Waals surface area contributed by atoms with Gasteiger partial charge in [0.1, 0.15) is 0 Å². The fraction of sp³-hybridized carbons (Fsp3) is 0.750. The van der Waals surface area contributed by atoms with E-state index in [2.05, 4.69) is 10.1 Å². The van der Waals surface area contributed by atoms with Crippen molar-refractivity contribution in [3.05, 3.63) is 0 Å².